The Morgan fingerprint density at radius 3 is 2.88 bits per heavy atom. The molecule has 0 saturated heterocycles. The number of rotatable bonds is 5. The normalized spacial score (nSPS) is 11.3. The fraction of sp³-hybridized carbons (Fsp3) is 0.455. The highest BCUT2D eigenvalue weighted by molar-refractivity contribution is 7.14. The van der Waals surface area contributed by atoms with Gasteiger partial charge in [0.25, 0.3) is 0 Å². The molecule has 4 nitrogen and oxygen atoms in total. The molecule has 0 radical (unpaired) electrons. The van der Waals surface area contributed by atoms with Crippen molar-refractivity contribution in [3.63, 3.8) is 0 Å². The summed E-state index contributed by atoms with van der Waals surface area (Å²) >= 11 is 7.25. The smallest absolute Gasteiger partial charge is 0.194 e. The van der Waals surface area contributed by atoms with Crippen LogP contribution in [-0.4, -0.2) is 22.8 Å². The molecule has 2 aromatic rings. The van der Waals surface area contributed by atoms with Gasteiger partial charge in [-0.25, -0.2) is 0 Å². The van der Waals surface area contributed by atoms with Gasteiger partial charge < -0.3 is 9.73 Å². The lowest BCUT2D eigenvalue weighted by molar-refractivity contribution is 0.582. The monoisotopic (exact) mass is 271 g/mol. The average Bonchev–Trinajstić information content (AvgIpc) is 2.86. The van der Waals surface area contributed by atoms with Gasteiger partial charge in [-0.2, -0.15) is 0 Å². The molecule has 0 aromatic carbocycles. The Morgan fingerprint density at radius 1 is 1.41 bits per heavy atom. The van der Waals surface area contributed by atoms with E-state index in [9.17, 15) is 0 Å². The molecule has 0 aliphatic rings. The molecule has 0 aliphatic heterocycles. The Bertz CT molecular complexity index is 481. The van der Waals surface area contributed by atoms with Crippen LogP contribution in [0, 0.1) is 0 Å². The summed E-state index contributed by atoms with van der Waals surface area (Å²) in [6.07, 6.45) is 0.879. The average molecular weight is 272 g/mol. The van der Waals surface area contributed by atoms with E-state index in [2.05, 4.69) is 29.4 Å². The van der Waals surface area contributed by atoms with E-state index < -0.39 is 0 Å². The topological polar surface area (TPSA) is 51.0 Å². The third kappa shape index (κ3) is 3.52. The molecule has 0 spiro atoms. The molecule has 0 aliphatic carbocycles. The van der Waals surface area contributed by atoms with Gasteiger partial charge >= 0.3 is 0 Å². The summed E-state index contributed by atoms with van der Waals surface area (Å²) in [5.74, 6) is 0.676. The van der Waals surface area contributed by atoms with E-state index in [0.29, 0.717) is 17.0 Å². The summed E-state index contributed by atoms with van der Waals surface area (Å²) in [6, 6.07) is 4.00. The van der Waals surface area contributed by atoms with Crippen molar-refractivity contribution in [2.75, 3.05) is 6.54 Å². The van der Waals surface area contributed by atoms with Gasteiger partial charge in [0.05, 0.1) is 0 Å². The summed E-state index contributed by atoms with van der Waals surface area (Å²) in [5, 5.41) is 13.7. The van der Waals surface area contributed by atoms with Crippen LogP contribution in [0.5, 0.6) is 0 Å². The molecular formula is C11H14ClN3OS. The largest absolute Gasteiger partial charge is 0.442 e. The highest BCUT2D eigenvalue weighted by Gasteiger charge is 2.10. The minimum absolute atomic E-state index is 0.373. The van der Waals surface area contributed by atoms with Gasteiger partial charge in [-0.05, 0) is 23.7 Å². The van der Waals surface area contributed by atoms with Crippen LogP contribution in [0.3, 0.4) is 0 Å². The highest BCUT2D eigenvalue weighted by Crippen LogP contribution is 2.27. The van der Waals surface area contributed by atoms with Crippen molar-refractivity contribution < 1.29 is 4.42 Å². The van der Waals surface area contributed by atoms with Crippen LogP contribution in [0.1, 0.15) is 18.9 Å². The summed E-state index contributed by atoms with van der Waals surface area (Å²) in [7, 11) is 0. The fourth-order valence-electron chi connectivity index (χ4n) is 1.35. The minimum atomic E-state index is 0.373. The maximum Gasteiger partial charge on any atom is 0.194 e. The van der Waals surface area contributed by atoms with Crippen molar-refractivity contribution in [1.29, 1.82) is 0 Å². The third-order valence-corrected chi connectivity index (χ3v) is 3.34. The summed E-state index contributed by atoms with van der Waals surface area (Å²) in [6.45, 7) is 5.15. The number of aromatic nitrogens is 2. The second-order valence-corrected chi connectivity index (χ2v) is 5.40. The summed E-state index contributed by atoms with van der Waals surface area (Å²) in [4.78, 5) is 0. The van der Waals surface area contributed by atoms with Crippen LogP contribution in [0.15, 0.2) is 16.5 Å². The molecular weight excluding hydrogens is 258 g/mol. The lowest BCUT2D eigenvalue weighted by atomic mass is 10.3. The van der Waals surface area contributed by atoms with Crippen molar-refractivity contribution in [3.8, 4) is 10.8 Å². The Kier molecular flexibility index (Phi) is 4.15. The van der Waals surface area contributed by atoms with Gasteiger partial charge in [0, 0.05) is 19.0 Å². The second-order valence-electron chi connectivity index (χ2n) is 3.96. The maximum atomic E-state index is 5.72. The predicted octanol–water partition coefficient (Wildman–Crippen LogP) is 2.99. The molecule has 0 fully saturated rings. The van der Waals surface area contributed by atoms with E-state index in [-0.39, 0.29) is 0 Å². The van der Waals surface area contributed by atoms with Crippen LogP contribution >= 0.6 is 22.9 Å². The van der Waals surface area contributed by atoms with Crippen LogP contribution in [-0.2, 0) is 6.42 Å². The quantitative estimate of drug-likeness (QED) is 0.908. The van der Waals surface area contributed by atoms with E-state index in [4.69, 9.17) is 16.0 Å². The van der Waals surface area contributed by atoms with E-state index in [1.165, 1.54) is 11.3 Å². The van der Waals surface area contributed by atoms with Crippen molar-refractivity contribution >= 4 is 22.9 Å². The zero-order valence-electron chi connectivity index (χ0n) is 9.74. The number of nitrogens with one attached hydrogen (secondary N) is 1. The Balaban J connectivity index is 1.96. The first-order chi connectivity index (χ1) is 8.15. The molecule has 92 valence electrons. The molecule has 0 atom stereocenters. The van der Waals surface area contributed by atoms with Crippen molar-refractivity contribution in [3.05, 3.63) is 22.4 Å². The second kappa shape index (κ2) is 5.62. The summed E-state index contributed by atoms with van der Waals surface area (Å²) in [5.41, 5.74) is 0. The van der Waals surface area contributed by atoms with Crippen LogP contribution in [0.25, 0.3) is 10.8 Å². The number of halogens is 1. The Hall–Kier alpha value is -0.910. The molecule has 17 heavy (non-hydrogen) atoms. The van der Waals surface area contributed by atoms with Gasteiger partial charge in [-0.3, -0.25) is 0 Å². The minimum Gasteiger partial charge on any atom is -0.442 e. The maximum absolute atomic E-state index is 5.72. The van der Waals surface area contributed by atoms with Crippen molar-refractivity contribution in [2.45, 2.75) is 26.3 Å². The van der Waals surface area contributed by atoms with Crippen LogP contribution < -0.4 is 5.32 Å². The van der Waals surface area contributed by atoms with Crippen molar-refractivity contribution in [1.82, 2.24) is 15.5 Å². The number of nitrogens with zero attached hydrogens (tertiary/aromatic N) is 2. The third-order valence-electron chi connectivity index (χ3n) is 2.14. The van der Waals surface area contributed by atoms with E-state index in [1.807, 2.05) is 0 Å². The van der Waals surface area contributed by atoms with Gasteiger partial charge in [0.15, 0.2) is 16.0 Å². The Labute approximate surface area is 109 Å². The number of hydrogen-bond acceptors (Lipinski definition) is 5. The zero-order valence-corrected chi connectivity index (χ0v) is 11.3. The highest BCUT2D eigenvalue weighted by atomic mass is 35.5. The number of furan rings is 1. The van der Waals surface area contributed by atoms with Gasteiger partial charge in [-0.1, -0.05) is 25.2 Å². The lowest BCUT2D eigenvalue weighted by Crippen LogP contribution is -2.24. The SMILES string of the molecule is CC(C)NCCc1nnc(-c2ccc(Cl)o2)s1. The number of hydrogen-bond donors (Lipinski definition) is 1. The molecule has 2 aromatic heterocycles. The van der Waals surface area contributed by atoms with Crippen molar-refractivity contribution in [2.24, 2.45) is 0 Å². The first kappa shape index (κ1) is 12.5. The van der Waals surface area contributed by atoms with E-state index in [0.717, 1.165) is 23.0 Å². The zero-order chi connectivity index (χ0) is 12.3. The fourth-order valence-corrected chi connectivity index (χ4v) is 2.30. The van der Waals surface area contributed by atoms with Crippen LogP contribution in [0.4, 0.5) is 0 Å². The molecule has 2 rings (SSSR count). The molecule has 2 heterocycles. The molecule has 6 heteroatoms. The molecule has 0 unspecified atom stereocenters. The van der Waals surface area contributed by atoms with Gasteiger partial charge in [-0.15, -0.1) is 10.2 Å². The van der Waals surface area contributed by atoms with E-state index in [1.54, 1.807) is 12.1 Å². The molecule has 1 N–H and O–H groups in total. The molecule has 0 saturated carbocycles. The Morgan fingerprint density at radius 2 is 2.24 bits per heavy atom. The van der Waals surface area contributed by atoms with Crippen LogP contribution in [0.2, 0.25) is 5.22 Å². The first-order valence-corrected chi connectivity index (χ1v) is 6.66. The standard InChI is InChI=1S/C11H14ClN3OS/c1-7(2)13-6-5-10-14-15-11(17-10)8-3-4-9(12)16-8/h3-4,7,13H,5-6H2,1-2H3. The van der Waals surface area contributed by atoms with E-state index >= 15 is 0 Å². The molecule has 0 bridgehead atoms. The van der Waals surface area contributed by atoms with Gasteiger partial charge in [0.1, 0.15) is 5.01 Å². The lowest BCUT2D eigenvalue weighted by Gasteiger charge is -2.04. The van der Waals surface area contributed by atoms with Gasteiger partial charge in [0.2, 0.25) is 0 Å². The predicted molar refractivity (Wildman–Crippen MR) is 69.5 cm³/mol. The first-order valence-electron chi connectivity index (χ1n) is 5.46. The molecule has 0 amide bonds. The summed E-state index contributed by atoms with van der Waals surface area (Å²) < 4.78 is 5.28.